The van der Waals surface area contributed by atoms with Crippen molar-refractivity contribution in [2.24, 2.45) is 0 Å². The molecule has 154 valence electrons. The smallest absolute Gasteiger partial charge is 0.221 e. The van der Waals surface area contributed by atoms with Crippen molar-refractivity contribution < 1.29 is 9.53 Å². The number of aryl methyl sites for hydroxylation is 1. The van der Waals surface area contributed by atoms with Gasteiger partial charge in [0.15, 0.2) is 5.82 Å². The highest BCUT2D eigenvalue weighted by Crippen LogP contribution is 2.23. The number of nitrogens with one attached hydrogen (secondary N) is 2. The van der Waals surface area contributed by atoms with Gasteiger partial charge >= 0.3 is 0 Å². The fourth-order valence-electron chi connectivity index (χ4n) is 3.25. The van der Waals surface area contributed by atoms with Gasteiger partial charge in [-0.1, -0.05) is 0 Å². The van der Waals surface area contributed by atoms with Crippen LogP contribution in [0, 0.1) is 6.92 Å². The monoisotopic (exact) mass is 404 g/mol. The summed E-state index contributed by atoms with van der Waals surface area (Å²) >= 11 is 0. The maximum absolute atomic E-state index is 11.2. The molecular weight excluding hydrogens is 380 g/mol. The molecule has 0 bridgehead atoms. The van der Waals surface area contributed by atoms with Gasteiger partial charge in [-0.2, -0.15) is 0 Å². The molecule has 1 aromatic carbocycles. The molecule has 1 aliphatic heterocycles. The molecule has 2 aromatic heterocycles. The first-order chi connectivity index (χ1) is 14.6. The Morgan fingerprint density at radius 1 is 1.03 bits per heavy atom. The van der Waals surface area contributed by atoms with Crippen LogP contribution in [-0.4, -0.2) is 47.2 Å². The highest BCUT2D eigenvalue weighted by atomic mass is 16.5. The Bertz CT molecular complexity index is 1010. The van der Waals surface area contributed by atoms with Crippen LogP contribution in [0.3, 0.4) is 0 Å². The Morgan fingerprint density at radius 3 is 2.43 bits per heavy atom. The Morgan fingerprint density at radius 2 is 1.77 bits per heavy atom. The van der Waals surface area contributed by atoms with E-state index in [9.17, 15) is 4.79 Å². The number of aromatic nitrogens is 3. The predicted molar refractivity (Wildman–Crippen MR) is 117 cm³/mol. The lowest BCUT2D eigenvalue weighted by Gasteiger charge is -2.27. The van der Waals surface area contributed by atoms with Gasteiger partial charge in [0.2, 0.25) is 5.91 Å². The Labute approximate surface area is 175 Å². The molecule has 4 rings (SSSR count). The number of rotatable bonds is 5. The number of benzene rings is 1. The molecule has 0 saturated carbocycles. The van der Waals surface area contributed by atoms with Crippen LogP contribution in [0.1, 0.15) is 12.6 Å². The Balaban J connectivity index is 1.50. The van der Waals surface area contributed by atoms with E-state index < -0.39 is 0 Å². The fourth-order valence-corrected chi connectivity index (χ4v) is 3.25. The molecule has 3 heterocycles. The van der Waals surface area contributed by atoms with Gasteiger partial charge in [-0.15, -0.1) is 0 Å². The molecule has 1 aliphatic rings. The number of carbonyl (C=O) groups is 1. The van der Waals surface area contributed by atoms with Crippen molar-refractivity contribution in [2.75, 3.05) is 41.8 Å². The van der Waals surface area contributed by atoms with E-state index in [0.717, 1.165) is 54.8 Å². The maximum Gasteiger partial charge on any atom is 0.221 e. The first kappa shape index (κ1) is 19.8. The summed E-state index contributed by atoms with van der Waals surface area (Å²) in [5.41, 5.74) is 3.34. The Kier molecular flexibility index (Phi) is 5.85. The molecule has 0 atom stereocenters. The van der Waals surface area contributed by atoms with Crippen LogP contribution >= 0.6 is 0 Å². The zero-order chi connectivity index (χ0) is 20.9. The number of nitrogens with zero attached hydrogens (tertiary/aromatic N) is 4. The normalized spacial score (nSPS) is 13.7. The summed E-state index contributed by atoms with van der Waals surface area (Å²) in [6.07, 6.45) is 1.81. The van der Waals surface area contributed by atoms with Crippen molar-refractivity contribution in [1.82, 2.24) is 15.0 Å². The molecule has 0 unspecified atom stereocenters. The molecule has 1 saturated heterocycles. The molecule has 0 aliphatic carbocycles. The van der Waals surface area contributed by atoms with Gasteiger partial charge in [-0.3, -0.25) is 4.79 Å². The summed E-state index contributed by atoms with van der Waals surface area (Å²) in [6, 6.07) is 13.3. The molecule has 0 spiro atoms. The van der Waals surface area contributed by atoms with Gasteiger partial charge in [0.25, 0.3) is 0 Å². The highest BCUT2D eigenvalue weighted by molar-refractivity contribution is 5.88. The van der Waals surface area contributed by atoms with E-state index in [1.54, 1.807) is 0 Å². The van der Waals surface area contributed by atoms with Crippen LogP contribution in [0.4, 0.5) is 23.0 Å². The largest absolute Gasteiger partial charge is 0.378 e. The van der Waals surface area contributed by atoms with Crippen molar-refractivity contribution in [3.8, 4) is 11.4 Å². The van der Waals surface area contributed by atoms with E-state index >= 15 is 0 Å². The number of carbonyl (C=O) groups excluding carboxylic acids is 1. The van der Waals surface area contributed by atoms with Gasteiger partial charge in [0, 0.05) is 54.9 Å². The molecule has 8 heteroatoms. The number of morpholine rings is 1. The number of amides is 1. The minimum atomic E-state index is -0.0972. The quantitative estimate of drug-likeness (QED) is 0.673. The van der Waals surface area contributed by atoms with E-state index in [0.29, 0.717) is 11.6 Å². The molecule has 2 N–H and O–H groups in total. The van der Waals surface area contributed by atoms with E-state index in [4.69, 9.17) is 4.74 Å². The van der Waals surface area contributed by atoms with Gasteiger partial charge in [0.1, 0.15) is 11.6 Å². The summed E-state index contributed by atoms with van der Waals surface area (Å²) in [6.45, 7) is 6.58. The number of pyridine rings is 1. The zero-order valence-electron chi connectivity index (χ0n) is 17.1. The van der Waals surface area contributed by atoms with Crippen molar-refractivity contribution in [3.05, 3.63) is 54.4 Å². The highest BCUT2D eigenvalue weighted by Gasteiger charge is 2.13. The lowest BCUT2D eigenvalue weighted by atomic mass is 10.2. The molecule has 8 nitrogen and oxygen atoms in total. The lowest BCUT2D eigenvalue weighted by Crippen LogP contribution is -2.36. The summed E-state index contributed by atoms with van der Waals surface area (Å²) in [7, 11) is 0. The maximum atomic E-state index is 11.2. The van der Waals surface area contributed by atoms with Gasteiger partial charge in [0.05, 0.1) is 13.2 Å². The van der Waals surface area contributed by atoms with Gasteiger partial charge in [-0.05, 0) is 43.3 Å². The number of hydrogen-bond donors (Lipinski definition) is 2. The van der Waals surface area contributed by atoms with Crippen LogP contribution in [0.15, 0.2) is 48.7 Å². The third kappa shape index (κ3) is 4.90. The third-order valence-electron chi connectivity index (χ3n) is 4.67. The van der Waals surface area contributed by atoms with E-state index in [1.165, 1.54) is 6.92 Å². The second-order valence-corrected chi connectivity index (χ2v) is 7.11. The van der Waals surface area contributed by atoms with Crippen LogP contribution in [0.2, 0.25) is 0 Å². The van der Waals surface area contributed by atoms with Crippen molar-refractivity contribution in [2.45, 2.75) is 13.8 Å². The minimum Gasteiger partial charge on any atom is -0.378 e. The van der Waals surface area contributed by atoms with E-state index in [2.05, 4.69) is 30.5 Å². The predicted octanol–water partition coefficient (Wildman–Crippen LogP) is 3.39. The second kappa shape index (κ2) is 8.87. The first-order valence-corrected chi connectivity index (χ1v) is 9.86. The number of anilines is 4. The molecule has 0 radical (unpaired) electrons. The third-order valence-corrected chi connectivity index (χ3v) is 4.67. The van der Waals surface area contributed by atoms with Crippen molar-refractivity contribution in [3.63, 3.8) is 0 Å². The molecule has 1 amide bonds. The van der Waals surface area contributed by atoms with E-state index in [-0.39, 0.29) is 5.91 Å². The first-order valence-electron chi connectivity index (χ1n) is 9.86. The number of ether oxygens (including phenoxy) is 1. The van der Waals surface area contributed by atoms with Gasteiger partial charge < -0.3 is 20.3 Å². The number of hydrogen-bond acceptors (Lipinski definition) is 7. The summed E-state index contributed by atoms with van der Waals surface area (Å²) < 4.78 is 5.40. The molecule has 1 fully saturated rings. The van der Waals surface area contributed by atoms with Crippen LogP contribution in [-0.2, 0) is 9.53 Å². The standard InChI is InChI=1S/C22H24N6O2/c1-15-13-20(26-19-6-4-18(5-7-19)25-16(2)29)27-22(24-15)17-3-8-21(23-14-17)28-9-11-30-12-10-28/h3-8,13-14H,9-12H2,1-2H3,(H,25,29)(H,24,26,27). The second-order valence-electron chi connectivity index (χ2n) is 7.11. The van der Waals surface area contributed by atoms with Crippen molar-refractivity contribution >= 4 is 28.9 Å². The van der Waals surface area contributed by atoms with Crippen LogP contribution < -0.4 is 15.5 Å². The topological polar surface area (TPSA) is 92.3 Å². The van der Waals surface area contributed by atoms with E-state index in [1.807, 2.05) is 55.6 Å². The summed E-state index contributed by atoms with van der Waals surface area (Å²) in [5.74, 6) is 2.16. The summed E-state index contributed by atoms with van der Waals surface area (Å²) in [5, 5.41) is 6.05. The van der Waals surface area contributed by atoms with Gasteiger partial charge in [-0.25, -0.2) is 15.0 Å². The zero-order valence-corrected chi connectivity index (χ0v) is 17.1. The average Bonchev–Trinajstić information content (AvgIpc) is 2.75. The fraction of sp³-hybridized carbons (Fsp3) is 0.273. The minimum absolute atomic E-state index is 0.0972. The SMILES string of the molecule is CC(=O)Nc1ccc(Nc2cc(C)nc(-c3ccc(N4CCOCC4)nc3)n2)cc1. The molecular formula is C22H24N6O2. The van der Waals surface area contributed by atoms with Crippen LogP contribution in [0.25, 0.3) is 11.4 Å². The molecule has 3 aromatic rings. The van der Waals surface area contributed by atoms with Crippen molar-refractivity contribution in [1.29, 1.82) is 0 Å². The molecule has 30 heavy (non-hydrogen) atoms. The summed E-state index contributed by atoms with van der Waals surface area (Å²) in [4.78, 5) is 27.2. The lowest BCUT2D eigenvalue weighted by molar-refractivity contribution is -0.114. The average molecular weight is 404 g/mol. The van der Waals surface area contributed by atoms with Crippen LogP contribution in [0.5, 0.6) is 0 Å². The Hall–Kier alpha value is -3.52.